The van der Waals surface area contributed by atoms with Crippen LogP contribution in [0, 0.1) is 0 Å². The molecular weight excluding hydrogens is 176 g/mol. The zero-order valence-electron chi connectivity index (χ0n) is 8.72. The molecule has 0 amide bonds. The molecule has 1 aromatic heterocycles. The zero-order valence-corrected chi connectivity index (χ0v) is 8.72. The highest BCUT2D eigenvalue weighted by atomic mass is 16.5. The number of hydrogen-bond donors (Lipinski definition) is 1. The minimum atomic E-state index is 0.0562. The van der Waals surface area contributed by atoms with E-state index in [1.54, 1.807) is 6.20 Å². The molecule has 0 fully saturated rings. The van der Waals surface area contributed by atoms with Crippen LogP contribution in [0.5, 0.6) is 5.75 Å². The number of nitrogens with one attached hydrogen (secondary N) is 1. The van der Waals surface area contributed by atoms with E-state index in [4.69, 9.17) is 4.74 Å². The van der Waals surface area contributed by atoms with Crippen LogP contribution < -0.4 is 10.1 Å². The topological polar surface area (TPSA) is 34.2 Å². The van der Waals surface area contributed by atoms with Crippen LogP contribution in [0.2, 0.25) is 0 Å². The zero-order chi connectivity index (χ0) is 10.3. The first-order valence-electron chi connectivity index (χ1n) is 4.61. The molecule has 0 aliphatic carbocycles. The molecule has 0 saturated heterocycles. The van der Waals surface area contributed by atoms with Crippen molar-refractivity contribution in [2.45, 2.75) is 26.2 Å². The second kappa shape index (κ2) is 2.74. The van der Waals surface area contributed by atoms with Gasteiger partial charge < -0.3 is 10.1 Å². The Morgan fingerprint density at radius 2 is 2.14 bits per heavy atom. The Bertz CT molecular complexity index is 391. The monoisotopic (exact) mass is 190 g/mol. The third-order valence-electron chi connectivity index (χ3n) is 2.14. The fraction of sp³-hybridized carbons (Fsp3) is 0.364. The number of rotatable bonds is 0. The highest BCUT2D eigenvalue weighted by Crippen LogP contribution is 2.34. The molecule has 3 heteroatoms. The molecule has 0 radical (unpaired) electrons. The van der Waals surface area contributed by atoms with E-state index in [-0.39, 0.29) is 5.41 Å². The third kappa shape index (κ3) is 1.45. The van der Waals surface area contributed by atoms with Crippen LogP contribution in [0.15, 0.2) is 24.7 Å². The smallest absolute Gasteiger partial charge is 0.190 e. The summed E-state index contributed by atoms with van der Waals surface area (Å²) in [5, 5.41) is 3.05. The van der Waals surface area contributed by atoms with Crippen molar-refractivity contribution in [2.24, 2.45) is 0 Å². The van der Waals surface area contributed by atoms with Crippen LogP contribution in [-0.4, -0.2) is 4.98 Å². The van der Waals surface area contributed by atoms with Crippen molar-refractivity contribution in [3.05, 3.63) is 30.4 Å². The molecule has 0 saturated carbocycles. The van der Waals surface area contributed by atoms with E-state index in [9.17, 15) is 0 Å². The van der Waals surface area contributed by atoms with E-state index in [0.29, 0.717) is 5.88 Å². The number of hydrogen-bond acceptors (Lipinski definition) is 3. The molecule has 14 heavy (non-hydrogen) atoms. The minimum absolute atomic E-state index is 0.0562. The summed E-state index contributed by atoms with van der Waals surface area (Å²) in [5.74, 6) is 1.32. The van der Waals surface area contributed by atoms with E-state index in [1.807, 2.05) is 6.07 Å². The molecule has 0 atom stereocenters. The Morgan fingerprint density at radius 3 is 2.79 bits per heavy atom. The van der Waals surface area contributed by atoms with Crippen LogP contribution in [-0.2, 0) is 5.41 Å². The lowest BCUT2D eigenvalue weighted by Crippen LogP contribution is -2.13. The standard InChI is InChI=1S/C11H14N2O/c1-7-13-8-5-10(11(2,3)4)12-6-9(8)14-7/h5-6,13H,1H2,2-4H3. The highest BCUT2D eigenvalue weighted by Gasteiger charge is 2.21. The van der Waals surface area contributed by atoms with Crippen LogP contribution in [0.1, 0.15) is 26.5 Å². The van der Waals surface area contributed by atoms with Crippen molar-refractivity contribution in [1.82, 2.24) is 4.98 Å². The lowest BCUT2D eigenvalue weighted by atomic mass is 9.91. The number of anilines is 1. The second-order valence-corrected chi connectivity index (χ2v) is 4.47. The Hall–Kier alpha value is -1.51. The molecule has 2 rings (SSSR count). The summed E-state index contributed by atoms with van der Waals surface area (Å²) in [7, 11) is 0. The van der Waals surface area contributed by atoms with Gasteiger partial charge in [0.25, 0.3) is 0 Å². The number of fused-ring (bicyclic) bond motifs is 1. The van der Waals surface area contributed by atoms with E-state index >= 15 is 0 Å². The van der Waals surface area contributed by atoms with E-state index in [0.717, 1.165) is 17.1 Å². The van der Waals surface area contributed by atoms with Gasteiger partial charge in [-0.3, -0.25) is 4.98 Å². The quantitative estimate of drug-likeness (QED) is 0.683. The molecule has 2 heterocycles. The van der Waals surface area contributed by atoms with Gasteiger partial charge in [-0.25, -0.2) is 0 Å². The molecule has 1 N–H and O–H groups in total. The number of nitrogens with zero attached hydrogens (tertiary/aromatic N) is 1. The maximum absolute atomic E-state index is 5.31. The van der Waals surface area contributed by atoms with Gasteiger partial charge in [0.2, 0.25) is 0 Å². The molecule has 1 aliphatic rings. The van der Waals surface area contributed by atoms with Crippen LogP contribution >= 0.6 is 0 Å². The van der Waals surface area contributed by atoms with Gasteiger partial charge in [-0.15, -0.1) is 0 Å². The first-order chi connectivity index (χ1) is 6.47. The lowest BCUT2D eigenvalue weighted by molar-refractivity contribution is 0.457. The van der Waals surface area contributed by atoms with Crippen molar-refractivity contribution >= 4 is 5.69 Å². The summed E-state index contributed by atoms with van der Waals surface area (Å²) < 4.78 is 5.31. The Balaban J connectivity index is 2.43. The first-order valence-corrected chi connectivity index (χ1v) is 4.61. The Labute approximate surface area is 83.8 Å². The third-order valence-corrected chi connectivity index (χ3v) is 2.14. The van der Waals surface area contributed by atoms with Crippen LogP contribution in [0.4, 0.5) is 5.69 Å². The molecule has 74 valence electrons. The van der Waals surface area contributed by atoms with Crippen LogP contribution in [0.3, 0.4) is 0 Å². The van der Waals surface area contributed by atoms with Gasteiger partial charge >= 0.3 is 0 Å². The fourth-order valence-electron chi connectivity index (χ4n) is 1.34. The molecule has 1 aliphatic heterocycles. The summed E-state index contributed by atoms with van der Waals surface area (Å²) in [4.78, 5) is 4.35. The van der Waals surface area contributed by atoms with Gasteiger partial charge in [0.15, 0.2) is 11.6 Å². The van der Waals surface area contributed by atoms with Crippen molar-refractivity contribution in [2.75, 3.05) is 5.32 Å². The predicted molar refractivity (Wildman–Crippen MR) is 56.3 cm³/mol. The Kier molecular flexibility index (Phi) is 1.77. The predicted octanol–water partition coefficient (Wildman–Crippen LogP) is 2.65. The van der Waals surface area contributed by atoms with Gasteiger partial charge in [-0.1, -0.05) is 20.8 Å². The first kappa shape index (κ1) is 9.06. The van der Waals surface area contributed by atoms with Crippen LogP contribution in [0.25, 0.3) is 0 Å². The molecule has 0 aromatic carbocycles. The molecule has 0 unspecified atom stereocenters. The molecule has 0 spiro atoms. The summed E-state index contributed by atoms with van der Waals surface area (Å²) in [6.45, 7) is 10.1. The van der Waals surface area contributed by atoms with E-state index < -0.39 is 0 Å². The van der Waals surface area contributed by atoms with Crippen molar-refractivity contribution in [3.63, 3.8) is 0 Å². The number of aromatic nitrogens is 1. The average molecular weight is 190 g/mol. The van der Waals surface area contributed by atoms with Crippen molar-refractivity contribution < 1.29 is 4.74 Å². The number of pyridine rings is 1. The van der Waals surface area contributed by atoms with Gasteiger partial charge in [-0.2, -0.15) is 0 Å². The minimum Gasteiger partial charge on any atom is -0.438 e. The van der Waals surface area contributed by atoms with Gasteiger partial charge in [0.1, 0.15) is 0 Å². The summed E-state index contributed by atoms with van der Waals surface area (Å²) in [6.07, 6.45) is 1.74. The lowest BCUT2D eigenvalue weighted by Gasteiger charge is -2.17. The summed E-state index contributed by atoms with van der Waals surface area (Å²) >= 11 is 0. The van der Waals surface area contributed by atoms with Gasteiger partial charge in [0, 0.05) is 11.1 Å². The van der Waals surface area contributed by atoms with Gasteiger partial charge in [0.05, 0.1) is 11.9 Å². The van der Waals surface area contributed by atoms with E-state index in [2.05, 4.69) is 37.7 Å². The van der Waals surface area contributed by atoms with Gasteiger partial charge in [-0.05, 0) is 12.6 Å². The average Bonchev–Trinajstić information content (AvgIpc) is 2.41. The van der Waals surface area contributed by atoms with Crippen molar-refractivity contribution in [3.8, 4) is 5.75 Å². The second-order valence-electron chi connectivity index (χ2n) is 4.47. The molecule has 1 aromatic rings. The summed E-state index contributed by atoms with van der Waals surface area (Å²) in [6, 6.07) is 2.01. The summed E-state index contributed by atoms with van der Waals surface area (Å²) in [5.41, 5.74) is 2.05. The fourth-order valence-corrected chi connectivity index (χ4v) is 1.34. The maximum Gasteiger partial charge on any atom is 0.190 e. The normalized spacial score (nSPS) is 14.6. The molecule has 0 bridgehead atoms. The van der Waals surface area contributed by atoms with E-state index in [1.165, 1.54) is 0 Å². The van der Waals surface area contributed by atoms with Crippen molar-refractivity contribution in [1.29, 1.82) is 0 Å². The Morgan fingerprint density at radius 1 is 1.43 bits per heavy atom. The molecular formula is C11H14N2O. The maximum atomic E-state index is 5.31. The highest BCUT2D eigenvalue weighted by molar-refractivity contribution is 5.63. The number of ether oxygens (including phenoxy) is 1. The largest absolute Gasteiger partial charge is 0.438 e. The SMILES string of the molecule is C=C1Nc2cc(C(C)(C)C)ncc2O1. The molecule has 3 nitrogen and oxygen atoms in total.